The van der Waals surface area contributed by atoms with Gasteiger partial charge in [-0.05, 0) is 13.0 Å². The number of aryl methyl sites for hydroxylation is 1. The van der Waals surface area contributed by atoms with Gasteiger partial charge in [0.05, 0.1) is 12.1 Å². The maximum atomic E-state index is 13.9. The molecule has 0 bridgehead atoms. The van der Waals surface area contributed by atoms with Crippen molar-refractivity contribution in [2.75, 3.05) is 12.4 Å². The third-order valence-electron chi connectivity index (χ3n) is 2.44. The Morgan fingerprint density at radius 3 is 2.89 bits per heavy atom. The standard InChI is InChI=1S/C12H13FN4OS/c1-7-5-16-9(19-7)6-17-12(18)8-3-4-15-11(14-2)10(8)13/h3-5H,6H2,1-2H3,(H,14,15)(H,17,18). The van der Waals surface area contributed by atoms with Crippen LogP contribution < -0.4 is 10.6 Å². The molecule has 7 heteroatoms. The summed E-state index contributed by atoms with van der Waals surface area (Å²) < 4.78 is 13.9. The third-order valence-corrected chi connectivity index (χ3v) is 3.35. The number of amides is 1. The topological polar surface area (TPSA) is 66.9 Å². The lowest BCUT2D eigenvalue weighted by Crippen LogP contribution is -2.24. The number of nitrogens with one attached hydrogen (secondary N) is 2. The zero-order valence-electron chi connectivity index (χ0n) is 10.5. The molecule has 1 amide bonds. The number of halogens is 1. The first kappa shape index (κ1) is 13.4. The number of nitrogens with zero attached hydrogens (tertiary/aromatic N) is 2. The quantitative estimate of drug-likeness (QED) is 0.898. The van der Waals surface area contributed by atoms with Gasteiger partial charge in [0.1, 0.15) is 5.01 Å². The van der Waals surface area contributed by atoms with Crippen molar-refractivity contribution in [2.24, 2.45) is 0 Å². The van der Waals surface area contributed by atoms with Crippen LogP contribution in [0.25, 0.3) is 0 Å². The molecule has 0 saturated heterocycles. The van der Waals surface area contributed by atoms with Crippen molar-refractivity contribution < 1.29 is 9.18 Å². The fourth-order valence-electron chi connectivity index (χ4n) is 1.53. The van der Waals surface area contributed by atoms with Crippen LogP contribution in [0.5, 0.6) is 0 Å². The van der Waals surface area contributed by atoms with Crippen molar-refractivity contribution in [3.05, 3.63) is 39.7 Å². The number of rotatable bonds is 4. The van der Waals surface area contributed by atoms with Crippen LogP contribution in [-0.2, 0) is 6.54 Å². The molecule has 100 valence electrons. The van der Waals surface area contributed by atoms with Crippen LogP contribution in [-0.4, -0.2) is 22.9 Å². The van der Waals surface area contributed by atoms with E-state index in [9.17, 15) is 9.18 Å². The van der Waals surface area contributed by atoms with Gasteiger partial charge in [-0.2, -0.15) is 0 Å². The van der Waals surface area contributed by atoms with Crippen molar-refractivity contribution in [1.82, 2.24) is 15.3 Å². The van der Waals surface area contributed by atoms with Crippen LogP contribution >= 0.6 is 11.3 Å². The Balaban J connectivity index is 2.08. The highest BCUT2D eigenvalue weighted by Crippen LogP contribution is 2.15. The summed E-state index contributed by atoms with van der Waals surface area (Å²) in [4.78, 5) is 20.9. The molecule has 0 radical (unpaired) electrons. The highest BCUT2D eigenvalue weighted by Gasteiger charge is 2.15. The second-order valence-corrected chi connectivity index (χ2v) is 5.14. The number of pyridine rings is 1. The van der Waals surface area contributed by atoms with E-state index in [-0.39, 0.29) is 17.9 Å². The fourth-order valence-corrected chi connectivity index (χ4v) is 2.25. The lowest BCUT2D eigenvalue weighted by atomic mass is 10.2. The molecule has 0 spiro atoms. The highest BCUT2D eigenvalue weighted by atomic mass is 32.1. The summed E-state index contributed by atoms with van der Waals surface area (Å²) in [5, 5.41) is 6.01. The lowest BCUT2D eigenvalue weighted by Gasteiger charge is -2.07. The molecule has 5 nitrogen and oxygen atoms in total. The van der Waals surface area contributed by atoms with Gasteiger partial charge in [0, 0.05) is 24.3 Å². The maximum Gasteiger partial charge on any atom is 0.254 e. The zero-order chi connectivity index (χ0) is 13.8. The van der Waals surface area contributed by atoms with Gasteiger partial charge in [0.2, 0.25) is 0 Å². The minimum absolute atomic E-state index is 0.0346. The first-order chi connectivity index (χ1) is 9.11. The Hall–Kier alpha value is -2.02. The molecule has 0 aliphatic rings. The normalized spacial score (nSPS) is 10.3. The molecule has 2 rings (SSSR count). The number of carbonyl (C=O) groups excluding carboxylic acids is 1. The minimum atomic E-state index is -0.655. The second kappa shape index (κ2) is 5.75. The molecule has 2 aromatic rings. The summed E-state index contributed by atoms with van der Waals surface area (Å²) in [7, 11) is 1.55. The van der Waals surface area contributed by atoms with Gasteiger partial charge in [-0.3, -0.25) is 4.79 Å². The van der Waals surface area contributed by atoms with E-state index in [0.717, 1.165) is 9.88 Å². The number of aromatic nitrogens is 2. The Morgan fingerprint density at radius 1 is 1.47 bits per heavy atom. The summed E-state index contributed by atoms with van der Waals surface area (Å²) >= 11 is 1.49. The molecule has 19 heavy (non-hydrogen) atoms. The fraction of sp³-hybridized carbons (Fsp3) is 0.250. The van der Waals surface area contributed by atoms with Crippen LogP contribution in [0, 0.1) is 12.7 Å². The predicted octanol–water partition coefficient (Wildman–Crippen LogP) is 1.96. The molecule has 0 aliphatic carbocycles. The van der Waals surface area contributed by atoms with Crippen molar-refractivity contribution in [3.63, 3.8) is 0 Å². The number of thiazole rings is 1. The van der Waals surface area contributed by atoms with Crippen LogP contribution in [0.3, 0.4) is 0 Å². The summed E-state index contributed by atoms with van der Waals surface area (Å²) in [6.45, 7) is 2.22. The Morgan fingerprint density at radius 2 is 2.26 bits per heavy atom. The number of carbonyl (C=O) groups is 1. The first-order valence-corrected chi connectivity index (χ1v) is 6.45. The zero-order valence-corrected chi connectivity index (χ0v) is 11.3. The van der Waals surface area contributed by atoms with E-state index < -0.39 is 11.7 Å². The molecule has 0 atom stereocenters. The summed E-state index contributed by atoms with van der Waals surface area (Å²) in [5.41, 5.74) is -0.0346. The van der Waals surface area contributed by atoms with Crippen LogP contribution in [0.2, 0.25) is 0 Å². The predicted molar refractivity (Wildman–Crippen MR) is 71.8 cm³/mol. The van der Waals surface area contributed by atoms with E-state index in [1.54, 1.807) is 13.2 Å². The van der Waals surface area contributed by atoms with Crippen molar-refractivity contribution in [1.29, 1.82) is 0 Å². The van der Waals surface area contributed by atoms with Crippen molar-refractivity contribution in [2.45, 2.75) is 13.5 Å². The highest BCUT2D eigenvalue weighted by molar-refractivity contribution is 7.11. The van der Waals surface area contributed by atoms with E-state index in [4.69, 9.17) is 0 Å². The van der Waals surface area contributed by atoms with Crippen LogP contribution in [0.1, 0.15) is 20.2 Å². The average molecular weight is 280 g/mol. The Labute approximate surface area is 113 Å². The first-order valence-electron chi connectivity index (χ1n) is 5.63. The SMILES string of the molecule is CNc1nccc(C(=O)NCc2ncc(C)s2)c1F. The van der Waals surface area contributed by atoms with Gasteiger partial charge in [0.25, 0.3) is 5.91 Å². The lowest BCUT2D eigenvalue weighted by molar-refractivity contribution is 0.0947. The van der Waals surface area contributed by atoms with Gasteiger partial charge in [0.15, 0.2) is 11.6 Å². The molecule has 0 aliphatic heterocycles. The largest absolute Gasteiger partial charge is 0.371 e. The smallest absolute Gasteiger partial charge is 0.254 e. The minimum Gasteiger partial charge on any atom is -0.371 e. The molecule has 0 unspecified atom stereocenters. The van der Waals surface area contributed by atoms with Gasteiger partial charge >= 0.3 is 0 Å². The van der Waals surface area contributed by atoms with Gasteiger partial charge < -0.3 is 10.6 Å². The van der Waals surface area contributed by atoms with E-state index in [0.29, 0.717) is 0 Å². The molecular weight excluding hydrogens is 267 g/mol. The number of hydrogen-bond acceptors (Lipinski definition) is 5. The Bertz CT molecular complexity index is 599. The molecule has 2 aromatic heterocycles. The molecule has 2 heterocycles. The molecule has 0 fully saturated rings. The second-order valence-electron chi connectivity index (χ2n) is 3.82. The third kappa shape index (κ3) is 3.05. The maximum absolute atomic E-state index is 13.9. The van der Waals surface area contributed by atoms with Gasteiger partial charge in [-0.25, -0.2) is 14.4 Å². The molecule has 2 N–H and O–H groups in total. The average Bonchev–Trinajstić information content (AvgIpc) is 2.82. The number of hydrogen-bond donors (Lipinski definition) is 2. The van der Waals surface area contributed by atoms with Gasteiger partial charge in [-0.15, -0.1) is 11.3 Å². The van der Waals surface area contributed by atoms with E-state index in [2.05, 4.69) is 20.6 Å². The van der Waals surface area contributed by atoms with Crippen LogP contribution in [0.15, 0.2) is 18.5 Å². The summed E-state index contributed by atoms with van der Waals surface area (Å²) in [6, 6.07) is 1.35. The molecular formula is C12H13FN4OS. The number of anilines is 1. The Kier molecular flexibility index (Phi) is 4.06. The van der Waals surface area contributed by atoms with Crippen LogP contribution in [0.4, 0.5) is 10.2 Å². The summed E-state index contributed by atoms with van der Waals surface area (Å²) in [6.07, 6.45) is 3.12. The van der Waals surface area contributed by atoms with Crippen molar-refractivity contribution >= 4 is 23.1 Å². The van der Waals surface area contributed by atoms with Crippen molar-refractivity contribution in [3.8, 4) is 0 Å². The monoisotopic (exact) mass is 280 g/mol. The van der Waals surface area contributed by atoms with Gasteiger partial charge in [-0.1, -0.05) is 0 Å². The molecule has 0 aromatic carbocycles. The van der Waals surface area contributed by atoms with E-state index in [1.165, 1.54) is 23.6 Å². The summed E-state index contributed by atoms with van der Waals surface area (Å²) in [5.74, 6) is -1.08. The van der Waals surface area contributed by atoms with E-state index >= 15 is 0 Å². The molecule has 0 saturated carbocycles. The van der Waals surface area contributed by atoms with E-state index in [1.807, 2.05) is 6.92 Å².